The molecule has 6 aromatic rings. The Morgan fingerprint density at radius 3 is 2.37 bits per heavy atom. The fourth-order valence-electron chi connectivity index (χ4n) is 5.53. The second kappa shape index (κ2) is 9.73. The first-order valence-electron chi connectivity index (χ1n) is 13.7. The number of hydrogen-bond donors (Lipinski definition) is 1. The maximum absolute atomic E-state index is 14.3. The molecule has 2 N–H and O–H groups in total. The average Bonchev–Trinajstić information content (AvgIpc) is 2.96. The van der Waals surface area contributed by atoms with Crippen molar-refractivity contribution in [3.8, 4) is 11.8 Å². The standard InChI is InChI=1S/C35H31N3O2Se/c1-6-34(2,3)17-18-35(4,5)38-32(39)26-16-15-25-24-9-7-8-10-28(24)41-31-21(11-13-23-14-12-22(36)20-37-23)19-27(33(38)40)29(26)30(25)31/h6-10,12,14-16,19-20H,1,17-18,36H2,2-5H3. The molecule has 0 aliphatic rings. The number of anilines is 1. The molecule has 0 aliphatic heterocycles. The van der Waals surface area contributed by atoms with E-state index in [1.165, 1.54) is 8.83 Å². The molecular weight excluding hydrogens is 573 g/mol. The van der Waals surface area contributed by atoms with Crippen molar-refractivity contribution in [1.82, 2.24) is 9.55 Å². The Hall–Kier alpha value is -4.17. The van der Waals surface area contributed by atoms with Crippen LogP contribution >= 0.6 is 0 Å². The minimum atomic E-state index is -0.691. The Bertz CT molecular complexity index is 2170. The molecule has 204 valence electrons. The Kier molecular flexibility index (Phi) is 6.41. The van der Waals surface area contributed by atoms with Crippen molar-refractivity contribution >= 4 is 61.0 Å². The van der Waals surface area contributed by atoms with E-state index in [1.807, 2.05) is 44.2 Å². The van der Waals surface area contributed by atoms with Crippen LogP contribution in [-0.4, -0.2) is 24.1 Å². The fourth-order valence-corrected chi connectivity index (χ4v) is 8.02. The molecule has 5 nitrogen and oxygen atoms in total. The van der Waals surface area contributed by atoms with Crippen LogP contribution in [0, 0.1) is 17.3 Å². The van der Waals surface area contributed by atoms with Gasteiger partial charge in [-0.1, -0.05) is 0 Å². The van der Waals surface area contributed by atoms with E-state index in [1.54, 1.807) is 18.3 Å². The normalized spacial score (nSPS) is 12.3. The van der Waals surface area contributed by atoms with E-state index in [0.717, 1.165) is 37.8 Å². The van der Waals surface area contributed by atoms with E-state index in [-0.39, 0.29) is 31.0 Å². The molecule has 0 unspecified atom stereocenters. The molecule has 0 radical (unpaired) electrons. The number of aromatic nitrogens is 2. The van der Waals surface area contributed by atoms with Gasteiger partial charge < -0.3 is 0 Å². The number of fused-ring (bicyclic) bond motifs is 2. The number of nitrogen functional groups attached to an aromatic ring is 1. The SMILES string of the molecule is C=CC(C)(C)CCC(C)(C)n1c(=O)c2ccc3c4ccccc4[se]c4c(C#Cc5ccc(N)cn5)cc(c1=O)c2c43. The Balaban J connectivity index is 1.70. The second-order valence-corrected chi connectivity index (χ2v) is 14.2. The summed E-state index contributed by atoms with van der Waals surface area (Å²) in [4.78, 5) is 32.7. The summed E-state index contributed by atoms with van der Waals surface area (Å²) in [5.74, 6) is 6.52. The van der Waals surface area contributed by atoms with Crippen LogP contribution in [-0.2, 0) is 5.54 Å². The summed E-state index contributed by atoms with van der Waals surface area (Å²) in [6.07, 6.45) is 4.97. The zero-order chi connectivity index (χ0) is 29.1. The van der Waals surface area contributed by atoms with Gasteiger partial charge in [0.2, 0.25) is 0 Å². The van der Waals surface area contributed by atoms with Gasteiger partial charge in [-0.15, -0.1) is 0 Å². The molecule has 0 spiro atoms. The van der Waals surface area contributed by atoms with Crippen molar-refractivity contribution in [2.45, 2.75) is 46.1 Å². The van der Waals surface area contributed by atoms with Gasteiger partial charge in [0, 0.05) is 0 Å². The molecule has 0 saturated heterocycles. The first-order valence-corrected chi connectivity index (χ1v) is 15.4. The van der Waals surface area contributed by atoms with Gasteiger partial charge >= 0.3 is 245 Å². The van der Waals surface area contributed by atoms with Gasteiger partial charge in [0.15, 0.2) is 0 Å². The van der Waals surface area contributed by atoms with Crippen LogP contribution in [0.2, 0.25) is 0 Å². The maximum atomic E-state index is 14.3. The molecule has 0 bridgehead atoms. The van der Waals surface area contributed by atoms with Gasteiger partial charge in [-0.3, -0.25) is 0 Å². The van der Waals surface area contributed by atoms with Crippen LogP contribution in [0.15, 0.2) is 83.0 Å². The van der Waals surface area contributed by atoms with Gasteiger partial charge in [0.05, 0.1) is 0 Å². The van der Waals surface area contributed by atoms with Crippen LogP contribution in [0.3, 0.4) is 0 Å². The van der Waals surface area contributed by atoms with E-state index in [2.05, 4.69) is 55.5 Å². The molecule has 3 aromatic carbocycles. The summed E-state index contributed by atoms with van der Waals surface area (Å²) < 4.78 is 3.81. The van der Waals surface area contributed by atoms with Crippen molar-refractivity contribution < 1.29 is 0 Å². The molecule has 0 aliphatic carbocycles. The van der Waals surface area contributed by atoms with Crippen molar-refractivity contribution in [3.63, 3.8) is 0 Å². The zero-order valence-corrected chi connectivity index (χ0v) is 25.4. The number of pyridine rings is 2. The van der Waals surface area contributed by atoms with Gasteiger partial charge in [0.25, 0.3) is 0 Å². The van der Waals surface area contributed by atoms with E-state index in [0.29, 0.717) is 28.6 Å². The first kappa shape index (κ1) is 27.0. The second-order valence-electron chi connectivity index (χ2n) is 12.0. The van der Waals surface area contributed by atoms with Crippen molar-refractivity contribution in [2.24, 2.45) is 5.41 Å². The third-order valence-corrected chi connectivity index (χ3v) is 10.7. The predicted octanol–water partition coefficient (Wildman–Crippen LogP) is 6.42. The van der Waals surface area contributed by atoms with E-state index < -0.39 is 5.54 Å². The number of benzene rings is 3. The molecule has 0 atom stereocenters. The zero-order valence-electron chi connectivity index (χ0n) is 23.7. The number of nitrogens with zero attached hydrogens (tertiary/aromatic N) is 2. The number of allylic oxidation sites excluding steroid dienone is 1. The van der Waals surface area contributed by atoms with Crippen LogP contribution in [0.4, 0.5) is 5.69 Å². The molecule has 3 heterocycles. The third-order valence-electron chi connectivity index (χ3n) is 8.14. The van der Waals surface area contributed by atoms with E-state index >= 15 is 0 Å². The number of nitrogens with two attached hydrogens (primary N) is 1. The van der Waals surface area contributed by atoms with Crippen LogP contribution < -0.4 is 16.9 Å². The Labute approximate surface area is 244 Å². The van der Waals surface area contributed by atoms with Gasteiger partial charge in [-0.05, 0) is 0 Å². The summed E-state index contributed by atoms with van der Waals surface area (Å²) in [6.45, 7) is 12.1. The molecule has 3 aromatic heterocycles. The third kappa shape index (κ3) is 4.56. The number of rotatable bonds is 5. The molecule has 0 amide bonds. The molecule has 6 rings (SSSR count). The van der Waals surface area contributed by atoms with Crippen molar-refractivity contribution in [3.05, 3.63) is 105 Å². The first-order chi connectivity index (χ1) is 19.5. The summed E-state index contributed by atoms with van der Waals surface area (Å²) in [6, 6.07) is 17.8. The molecule has 0 saturated carbocycles. The molecule has 6 heteroatoms. The van der Waals surface area contributed by atoms with Gasteiger partial charge in [-0.25, -0.2) is 0 Å². The summed E-state index contributed by atoms with van der Waals surface area (Å²) in [5.41, 5.74) is 6.49. The summed E-state index contributed by atoms with van der Waals surface area (Å²) in [5, 5.41) is 5.02. The van der Waals surface area contributed by atoms with Gasteiger partial charge in [-0.2, -0.15) is 0 Å². The quantitative estimate of drug-likeness (QED) is 0.0810. The Morgan fingerprint density at radius 1 is 0.902 bits per heavy atom. The molecular formula is C35H31N3O2Se. The average molecular weight is 605 g/mol. The number of hydrogen-bond acceptors (Lipinski definition) is 4. The van der Waals surface area contributed by atoms with Crippen LogP contribution in [0.25, 0.3) is 40.8 Å². The molecule has 0 fully saturated rings. The molecule has 41 heavy (non-hydrogen) atoms. The fraction of sp³-hybridized carbons (Fsp3) is 0.229. The van der Waals surface area contributed by atoms with Crippen molar-refractivity contribution in [2.75, 3.05) is 5.73 Å². The summed E-state index contributed by atoms with van der Waals surface area (Å²) >= 11 is -0.0575. The van der Waals surface area contributed by atoms with Crippen LogP contribution in [0.5, 0.6) is 0 Å². The monoisotopic (exact) mass is 605 g/mol. The van der Waals surface area contributed by atoms with Crippen molar-refractivity contribution in [1.29, 1.82) is 0 Å². The van der Waals surface area contributed by atoms with E-state index in [9.17, 15) is 9.59 Å². The van der Waals surface area contributed by atoms with Gasteiger partial charge in [0.1, 0.15) is 0 Å². The Morgan fingerprint density at radius 2 is 1.63 bits per heavy atom. The predicted molar refractivity (Wildman–Crippen MR) is 172 cm³/mol. The van der Waals surface area contributed by atoms with Crippen LogP contribution in [0.1, 0.15) is 51.8 Å². The van der Waals surface area contributed by atoms with E-state index in [4.69, 9.17) is 5.73 Å². The topological polar surface area (TPSA) is 78.0 Å². The summed E-state index contributed by atoms with van der Waals surface area (Å²) in [7, 11) is 0. The minimum absolute atomic E-state index is 0.0575.